The van der Waals surface area contributed by atoms with Gasteiger partial charge in [-0.15, -0.1) is 0 Å². The number of carbonyl (C=O) groups is 1. The maximum absolute atomic E-state index is 11.5. The van der Waals surface area contributed by atoms with Crippen molar-refractivity contribution < 1.29 is 14.1 Å². The second-order valence-corrected chi connectivity index (χ2v) is 4.17. The highest BCUT2D eigenvalue weighted by Gasteiger charge is 2.17. The van der Waals surface area contributed by atoms with Crippen molar-refractivity contribution in [2.75, 3.05) is 6.61 Å². The monoisotopic (exact) mass is 268 g/mol. The molecule has 5 nitrogen and oxygen atoms in total. The molecule has 20 heavy (non-hydrogen) atoms. The van der Waals surface area contributed by atoms with Crippen LogP contribution in [0.25, 0.3) is 22.2 Å². The van der Waals surface area contributed by atoms with Gasteiger partial charge in [0.05, 0.1) is 6.61 Å². The second kappa shape index (κ2) is 5.13. The Hall–Kier alpha value is -2.69. The molecule has 0 saturated heterocycles. The van der Waals surface area contributed by atoms with Gasteiger partial charge in [0, 0.05) is 5.56 Å². The SMILES string of the molecule is CCOC(=O)c1nc(-c2cccc3ccccc23)no1. The van der Waals surface area contributed by atoms with E-state index in [-0.39, 0.29) is 12.5 Å². The minimum absolute atomic E-state index is 0.130. The van der Waals surface area contributed by atoms with Gasteiger partial charge in [-0.05, 0) is 17.7 Å². The number of hydrogen-bond donors (Lipinski definition) is 0. The van der Waals surface area contributed by atoms with Crippen LogP contribution in [0.1, 0.15) is 17.6 Å². The zero-order chi connectivity index (χ0) is 13.9. The van der Waals surface area contributed by atoms with Gasteiger partial charge in [-0.25, -0.2) is 4.79 Å². The van der Waals surface area contributed by atoms with Crippen LogP contribution >= 0.6 is 0 Å². The van der Waals surface area contributed by atoms with E-state index in [9.17, 15) is 4.79 Å². The predicted molar refractivity (Wildman–Crippen MR) is 73.2 cm³/mol. The first kappa shape index (κ1) is 12.3. The van der Waals surface area contributed by atoms with Crippen LogP contribution in [0.2, 0.25) is 0 Å². The molecule has 2 aromatic carbocycles. The van der Waals surface area contributed by atoms with Gasteiger partial charge >= 0.3 is 11.9 Å². The molecule has 0 aliphatic rings. The van der Waals surface area contributed by atoms with Crippen LogP contribution in [0.15, 0.2) is 47.0 Å². The van der Waals surface area contributed by atoms with Crippen LogP contribution in [0, 0.1) is 0 Å². The first-order chi connectivity index (χ1) is 9.79. The maximum atomic E-state index is 11.5. The number of ether oxygens (including phenoxy) is 1. The summed E-state index contributed by atoms with van der Waals surface area (Å²) in [5.41, 5.74) is 0.822. The summed E-state index contributed by atoms with van der Waals surface area (Å²) in [5, 5.41) is 5.94. The molecule has 0 saturated carbocycles. The van der Waals surface area contributed by atoms with E-state index < -0.39 is 5.97 Å². The molecule has 5 heteroatoms. The minimum Gasteiger partial charge on any atom is -0.459 e. The first-order valence-electron chi connectivity index (χ1n) is 6.28. The van der Waals surface area contributed by atoms with E-state index in [1.165, 1.54) is 0 Å². The van der Waals surface area contributed by atoms with Gasteiger partial charge in [0.1, 0.15) is 0 Å². The smallest absolute Gasteiger partial charge is 0.397 e. The van der Waals surface area contributed by atoms with Crippen molar-refractivity contribution in [3.05, 3.63) is 48.4 Å². The third kappa shape index (κ3) is 2.14. The van der Waals surface area contributed by atoms with Gasteiger partial charge in [-0.3, -0.25) is 0 Å². The van der Waals surface area contributed by atoms with Crippen molar-refractivity contribution in [1.29, 1.82) is 0 Å². The summed E-state index contributed by atoms with van der Waals surface area (Å²) in [4.78, 5) is 15.6. The van der Waals surface area contributed by atoms with Crippen LogP contribution in [0.5, 0.6) is 0 Å². The molecule has 0 aliphatic carbocycles. The van der Waals surface area contributed by atoms with Gasteiger partial charge in [-0.2, -0.15) is 4.98 Å². The lowest BCUT2D eigenvalue weighted by Gasteiger charge is -2.01. The van der Waals surface area contributed by atoms with E-state index in [0.29, 0.717) is 5.82 Å². The average molecular weight is 268 g/mol. The molecular formula is C15H12N2O3. The van der Waals surface area contributed by atoms with E-state index in [0.717, 1.165) is 16.3 Å². The van der Waals surface area contributed by atoms with Gasteiger partial charge in [0.15, 0.2) is 0 Å². The van der Waals surface area contributed by atoms with Crippen LogP contribution < -0.4 is 0 Å². The Morgan fingerprint density at radius 2 is 2.00 bits per heavy atom. The van der Waals surface area contributed by atoms with Crippen molar-refractivity contribution in [3.8, 4) is 11.4 Å². The standard InChI is InChI=1S/C15H12N2O3/c1-2-19-15(18)14-16-13(17-20-14)12-9-5-7-10-6-3-4-8-11(10)12/h3-9H,2H2,1H3. The Bertz CT molecular complexity index is 759. The molecular weight excluding hydrogens is 256 g/mol. The summed E-state index contributed by atoms with van der Waals surface area (Å²) in [6, 6.07) is 13.7. The van der Waals surface area contributed by atoms with Crippen LogP contribution in [0.4, 0.5) is 0 Å². The molecule has 0 aliphatic heterocycles. The summed E-state index contributed by atoms with van der Waals surface area (Å²) in [5.74, 6) is -0.355. The number of hydrogen-bond acceptors (Lipinski definition) is 5. The van der Waals surface area contributed by atoms with Crippen molar-refractivity contribution >= 4 is 16.7 Å². The molecule has 0 spiro atoms. The highest BCUT2D eigenvalue weighted by molar-refractivity contribution is 5.95. The second-order valence-electron chi connectivity index (χ2n) is 4.17. The summed E-state index contributed by atoms with van der Waals surface area (Å²) < 4.78 is 9.78. The maximum Gasteiger partial charge on any atom is 0.397 e. The summed E-state index contributed by atoms with van der Waals surface area (Å²) in [7, 11) is 0. The van der Waals surface area contributed by atoms with E-state index in [2.05, 4.69) is 10.1 Å². The lowest BCUT2D eigenvalue weighted by Crippen LogP contribution is -2.04. The highest BCUT2D eigenvalue weighted by atomic mass is 16.6. The van der Waals surface area contributed by atoms with E-state index in [1.54, 1.807) is 6.92 Å². The number of nitrogens with zero attached hydrogens (tertiary/aromatic N) is 2. The van der Waals surface area contributed by atoms with Gasteiger partial charge in [-0.1, -0.05) is 47.6 Å². The zero-order valence-electron chi connectivity index (χ0n) is 10.9. The quantitative estimate of drug-likeness (QED) is 0.683. The fourth-order valence-corrected chi connectivity index (χ4v) is 2.03. The topological polar surface area (TPSA) is 65.2 Å². The third-order valence-corrected chi connectivity index (χ3v) is 2.91. The number of aromatic nitrogens is 2. The molecule has 0 N–H and O–H groups in total. The fraction of sp³-hybridized carbons (Fsp3) is 0.133. The van der Waals surface area contributed by atoms with Crippen LogP contribution in [-0.4, -0.2) is 22.7 Å². The molecule has 0 fully saturated rings. The van der Waals surface area contributed by atoms with Crippen LogP contribution in [0.3, 0.4) is 0 Å². The van der Waals surface area contributed by atoms with Crippen molar-refractivity contribution in [1.82, 2.24) is 10.1 Å². The highest BCUT2D eigenvalue weighted by Crippen LogP contribution is 2.26. The first-order valence-corrected chi connectivity index (χ1v) is 6.28. The van der Waals surface area contributed by atoms with Crippen molar-refractivity contribution in [2.45, 2.75) is 6.92 Å². The summed E-state index contributed by atoms with van der Waals surface area (Å²) >= 11 is 0. The van der Waals surface area contributed by atoms with Crippen molar-refractivity contribution in [3.63, 3.8) is 0 Å². The lowest BCUT2D eigenvalue weighted by atomic mass is 10.0. The molecule has 0 radical (unpaired) electrons. The molecule has 3 aromatic rings. The Balaban J connectivity index is 2.06. The van der Waals surface area contributed by atoms with Crippen LogP contribution in [-0.2, 0) is 4.74 Å². The number of esters is 1. The Morgan fingerprint density at radius 1 is 1.20 bits per heavy atom. The van der Waals surface area contributed by atoms with E-state index >= 15 is 0 Å². The molecule has 3 rings (SSSR count). The van der Waals surface area contributed by atoms with E-state index in [1.807, 2.05) is 42.5 Å². The molecule has 0 atom stereocenters. The predicted octanol–water partition coefficient (Wildman–Crippen LogP) is 3.07. The lowest BCUT2D eigenvalue weighted by molar-refractivity contribution is 0.0470. The third-order valence-electron chi connectivity index (χ3n) is 2.91. The Labute approximate surface area is 115 Å². The zero-order valence-corrected chi connectivity index (χ0v) is 10.9. The molecule has 1 heterocycles. The number of carbonyl (C=O) groups excluding carboxylic acids is 1. The Morgan fingerprint density at radius 3 is 2.85 bits per heavy atom. The molecule has 100 valence electrons. The number of rotatable bonds is 3. The normalized spacial score (nSPS) is 10.7. The van der Waals surface area contributed by atoms with E-state index in [4.69, 9.17) is 9.26 Å². The summed E-state index contributed by atoms with van der Waals surface area (Å²) in [6.07, 6.45) is 0. The van der Waals surface area contributed by atoms with Gasteiger partial charge in [0.25, 0.3) is 0 Å². The van der Waals surface area contributed by atoms with Crippen molar-refractivity contribution in [2.24, 2.45) is 0 Å². The largest absolute Gasteiger partial charge is 0.459 e. The Kier molecular flexibility index (Phi) is 3.16. The average Bonchev–Trinajstić information content (AvgIpc) is 2.97. The number of fused-ring (bicyclic) bond motifs is 1. The fourth-order valence-electron chi connectivity index (χ4n) is 2.03. The number of benzene rings is 2. The molecule has 0 unspecified atom stereocenters. The van der Waals surface area contributed by atoms with Gasteiger partial charge in [0.2, 0.25) is 5.82 Å². The molecule has 1 aromatic heterocycles. The van der Waals surface area contributed by atoms with Gasteiger partial charge < -0.3 is 9.26 Å². The molecule has 0 bridgehead atoms. The minimum atomic E-state index is -0.605. The summed E-state index contributed by atoms with van der Waals surface area (Å²) in [6.45, 7) is 1.99. The molecule has 0 amide bonds.